The van der Waals surface area contributed by atoms with E-state index in [4.69, 9.17) is 0 Å². The van der Waals surface area contributed by atoms with Crippen LogP contribution in [0.25, 0.3) is 5.69 Å². The van der Waals surface area contributed by atoms with Crippen LogP contribution in [-0.2, 0) is 0 Å². The molecule has 26 heavy (non-hydrogen) atoms. The third kappa shape index (κ3) is 4.65. The molecule has 136 valence electrons. The zero-order valence-electron chi connectivity index (χ0n) is 15.3. The number of thioether (sulfide) groups is 1. The van der Waals surface area contributed by atoms with Crippen molar-refractivity contribution in [2.75, 3.05) is 30.7 Å². The quantitative estimate of drug-likeness (QED) is 0.566. The van der Waals surface area contributed by atoms with Crippen molar-refractivity contribution >= 4 is 23.4 Å². The second kappa shape index (κ2) is 9.40. The number of rotatable bonds is 9. The molecule has 0 fully saturated rings. The van der Waals surface area contributed by atoms with E-state index in [0.717, 1.165) is 47.9 Å². The highest BCUT2D eigenvalue weighted by molar-refractivity contribution is 7.99. The van der Waals surface area contributed by atoms with Crippen LogP contribution in [0.1, 0.15) is 13.8 Å². The van der Waals surface area contributed by atoms with Gasteiger partial charge in [0, 0.05) is 18.0 Å². The molecule has 3 aromatic rings. The maximum atomic E-state index is 4.43. The van der Waals surface area contributed by atoms with E-state index in [1.54, 1.807) is 11.8 Å². The van der Waals surface area contributed by atoms with Gasteiger partial charge in [-0.25, -0.2) is 0 Å². The number of aromatic nitrogens is 3. The molecule has 1 heterocycles. The largest absolute Gasteiger partial charge is 0.324 e. The molecule has 6 heteroatoms. The minimum atomic E-state index is 0.729. The maximum Gasteiger partial charge on any atom is 0.234 e. The smallest absolute Gasteiger partial charge is 0.234 e. The normalized spacial score (nSPS) is 11.0. The van der Waals surface area contributed by atoms with Crippen molar-refractivity contribution in [1.82, 2.24) is 19.7 Å². The Labute approximate surface area is 159 Å². The van der Waals surface area contributed by atoms with Crippen LogP contribution in [0, 0.1) is 0 Å². The number of para-hydroxylation sites is 2. The average molecular weight is 368 g/mol. The lowest BCUT2D eigenvalue weighted by Gasteiger charge is -2.17. The van der Waals surface area contributed by atoms with Gasteiger partial charge in [0.05, 0.1) is 5.69 Å². The second-order valence-corrected chi connectivity index (χ2v) is 6.91. The highest BCUT2D eigenvalue weighted by Crippen LogP contribution is 2.26. The van der Waals surface area contributed by atoms with Crippen molar-refractivity contribution in [3.05, 3.63) is 60.7 Å². The Morgan fingerprint density at radius 3 is 2.23 bits per heavy atom. The summed E-state index contributed by atoms with van der Waals surface area (Å²) in [5.74, 6) is 1.71. The predicted octanol–water partition coefficient (Wildman–Crippen LogP) is 4.44. The molecule has 0 unspecified atom stereocenters. The van der Waals surface area contributed by atoms with Crippen molar-refractivity contribution in [3.8, 4) is 5.69 Å². The Hall–Kier alpha value is -2.31. The lowest BCUT2D eigenvalue weighted by Crippen LogP contribution is -2.25. The van der Waals surface area contributed by atoms with Gasteiger partial charge in [-0.1, -0.05) is 62.0 Å². The SMILES string of the molecule is CCN(CC)CCSc1nnc(Nc2ccccc2)n1-c1ccccc1. The molecule has 1 N–H and O–H groups in total. The summed E-state index contributed by atoms with van der Waals surface area (Å²) < 4.78 is 2.08. The number of nitrogens with one attached hydrogen (secondary N) is 1. The summed E-state index contributed by atoms with van der Waals surface area (Å²) in [5.41, 5.74) is 2.05. The molecule has 3 rings (SSSR count). The van der Waals surface area contributed by atoms with Gasteiger partial charge < -0.3 is 10.2 Å². The topological polar surface area (TPSA) is 46.0 Å². The van der Waals surface area contributed by atoms with Crippen LogP contribution < -0.4 is 5.32 Å². The molecule has 0 aliphatic heterocycles. The van der Waals surface area contributed by atoms with E-state index < -0.39 is 0 Å². The summed E-state index contributed by atoms with van der Waals surface area (Å²) in [4.78, 5) is 2.42. The monoisotopic (exact) mass is 367 g/mol. The Kier molecular flexibility index (Phi) is 6.68. The predicted molar refractivity (Wildman–Crippen MR) is 110 cm³/mol. The van der Waals surface area contributed by atoms with Gasteiger partial charge >= 0.3 is 0 Å². The lowest BCUT2D eigenvalue weighted by atomic mass is 10.3. The van der Waals surface area contributed by atoms with E-state index in [0.29, 0.717) is 0 Å². The number of anilines is 2. The van der Waals surface area contributed by atoms with E-state index >= 15 is 0 Å². The van der Waals surface area contributed by atoms with Crippen molar-refractivity contribution in [1.29, 1.82) is 0 Å². The lowest BCUT2D eigenvalue weighted by molar-refractivity contribution is 0.324. The molecule has 0 saturated carbocycles. The molecule has 0 amide bonds. The molecular formula is C20H25N5S. The van der Waals surface area contributed by atoms with Crippen molar-refractivity contribution in [2.24, 2.45) is 0 Å². The van der Waals surface area contributed by atoms with Gasteiger partial charge in [0.1, 0.15) is 0 Å². The van der Waals surface area contributed by atoms with Gasteiger partial charge in [-0.15, -0.1) is 10.2 Å². The van der Waals surface area contributed by atoms with Crippen LogP contribution in [0.2, 0.25) is 0 Å². The van der Waals surface area contributed by atoms with E-state index in [1.807, 2.05) is 48.5 Å². The summed E-state index contributed by atoms with van der Waals surface area (Å²) >= 11 is 1.74. The van der Waals surface area contributed by atoms with Crippen LogP contribution in [-0.4, -0.2) is 45.1 Å². The van der Waals surface area contributed by atoms with E-state index in [9.17, 15) is 0 Å². The molecule has 0 bridgehead atoms. The van der Waals surface area contributed by atoms with Gasteiger partial charge in [-0.2, -0.15) is 0 Å². The third-order valence-corrected chi connectivity index (χ3v) is 5.12. The zero-order chi connectivity index (χ0) is 18.2. The summed E-state index contributed by atoms with van der Waals surface area (Å²) in [6, 6.07) is 20.3. The second-order valence-electron chi connectivity index (χ2n) is 5.84. The summed E-state index contributed by atoms with van der Waals surface area (Å²) in [6.45, 7) is 7.58. The first kappa shape index (κ1) is 18.5. The van der Waals surface area contributed by atoms with Crippen LogP contribution >= 0.6 is 11.8 Å². The number of benzene rings is 2. The van der Waals surface area contributed by atoms with Crippen LogP contribution in [0.5, 0.6) is 0 Å². The van der Waals surface area contributed by atoms with E-state index in [2.05, 4.69) is 51.0 Å². The molecule has 0 saturated heterocycles. The summed E-state index contributed by atoms with van der Waals surface area (Å²) in [7, 11) is 0. The Bertz CT molecular complexity index is 784. The standard InChI is InChI=1S/C20H25N5S/c1-3-24(4-2)15-16-26-20-23-22-19(21-17-11-7-5-8-12-17)25(20)18-13-9-6-10-14-18/h5-14H,3-4,15-16H2,1-2H3,(H,21,22). The summed E-state index contributed by atoms with van der Waals surface area (Å²) in [6.07, 6.45) is 0. The molecule has 0 aliphatic carbocycles. The first-order chi connectivity index (χ1) is 12.8. The van der Waals surface area contributed by atoms with E-state index in [-0.39, 0.29) is 0 Å². The first-order valence-electron chi connectivity index (χ1n) is 9.00. The number of hydrogen-bond acceptors (Lipinski definition) is 5. The summed E-state index contributed by atoms with van der Waals surface area (Å²) in [5, 5.41) is 13.1. The molecule has 0 atom stereocenters. The first-order valence-corrected chi connectivity index (χ1v) is 9.98. The van der Waals surface area contributed by atoms with Crippen molar-refractivity contribution < 1.29 is 0 Å². The Morgan fingerprint density at radius 2 is 1.58 bits per heavy atom. The fourth-order valence-corrected chi connectivity index (χ4v) is 3.66. The highest BCUT2D eigenvalue weighted by atomic mass is 32.2. The molecule has 5 nitrogen and oxygen atoms in total. The van der Waals surface area contributed by atoms with Crippen molar-refractivity contribution in [2.45, 2.75) is 19.0 Å². The van der Waals surface area contributed by atoms with Crippen molar-refractivity contribution in [3.63, 3.8) is 0 Å². The molecule has 0 radical (unpaired) electrons. The van der Waals surface area contributed by atoms with Gasteiger partial charge in [0.15, 0.2) is 5.16 Å². The molecule has 1 aromatic heterocycles. The van der Waals surface area contributed by atoms with Gasteiger partial charge in [0.25, 0.3) is 0 Å². The minimum Gasteiger partial charge on any atom is -0.324 e. The van der Waals surface area contributed by atoms with E-state index in [1.165, 1.54) is 0 Å². The average Bonchev–Trinajstić information content (AvgIpc) is 3.09. The third-order valence-electron chi connectivity index (χ3n) is 4.21. The Morgan fingerprint density at radius 1 is 0.923 bits per heavy atom. The van der Waals surface area contributed by atoms with Gasteiger partial charge in [0.2, 0.25) is 5.95 Å². The highest BCUT2D eigenvalue weighted by Gasteiger charge is 2.15. The number of nitrogens with zero attached hydrogens (tertiary/aromatic N) is 4. The molecule has 0 aliphatic rings. The van der Waals surface area contributed by atoms with Crippen LogP contribution in [0.3, 0.4) is 0 Å². The molecular weight excluding hydrogens is 342 g/mol. The zero-order valence-corrected chi connectivity index (χ0v) is 16.1. The fourth-order valence-electron chi connectivity index (χ4n) is 2.71. The van der Waals surface area contributed by atoms with Gasteiger partial charge in [-0.3, -0.25) is 4.57 Å². The van der Waals surface area contributed by atoms with Gasteiger partial charge in [-0.05, 0) is 37.4 Å². The fraction of sp³-hybridized carbons (Fsp3) is 0.300. The molecule has 2 aromatic carbocycles. The van der Waals surface area contributed by atoms with Crippen LogP contribution in [0.15, 0.2) is 65.8 Å². The molecule has 0 spiro atoms. The minimum absolute atomic E-state index is 0.729. The van der Waals surface area contributed by atoms with Crippen LogP contribution in [0.4, 0.5) is 11.6 Å². The Balaban J connectivity index is 1.82. The maximum absolute atomic E-state index is 4.43. The number of hydrogen-bond donors (Lipinski definition) is 1.